The Hall–Kier alpha value is -6.08. The minimum Gasteiger partial charge on any atom is -0.226 e. The Morgan fingerprint density at radius 3 is 1.12 bits per heavy atom. The molecule has 0 saturated heterocycles. The smallest absolute Gasteiger partial charge is 0.161 e. The maximum atomic E-state index is 5.32. The van der Waals surface area contributed by atoms with E-state index in [2.05, 4.69) is 146 Å². The number of rotatable bonds is 5. The summed E-state index contributed by atoms with van der Waals surface area (Å²) in [4.78, 5) is 21.2. The molecule has 6 heteroatoms. The fraction of sp³-hybridized carbons (Fsp3) is 0. The van der Waals surface area contributed by atoms with Gasteiger partial charge < -0.3 is 0 Å². The normalized spacial score (nSPS) is 11.6. The lowest BCUT2D eigenvalue weighted by atomic mass is 9.94. The largest absolute Gasteiger partial charge is 0.226 e. The van der Waals surface area contributed by atoms with Gasteiger partial charge in [0.15, 0.2) is 11.6 Å². The molecular weight excluding hydrogens is 649 g/mol. The second kappa shape index (κ2) is 11.8. The average Bonchev–Trinajstić information content (AvgIpc) is 3.76. The molecule has 10 rings (SSSR count). The number of fused-ring (bicyclic) bond motifs is 6. The Labute approximate surface area is 296 Å². The number of benzene rings is 6. The molecule has 4 aromatic heterocycles. The highest BCUT2D eigenvalue weighted by Gasteiger charge is 2.22. The number of hydrogen-bond acceptors (Lipinski definition) is 6. The van der Waals surface area contributed by atoms with E-state index >= 15 is 0 Å². The summed E-state index contributed by atoms with van der Waals surface area (Å²) in [5, 5.41) is 2.29. The number of nitrogens with zero attached hydrogens (tertiary/aromatic N) is 4. The van der Waals surface area contributed by atoms with E-state index in [1.54, 1.807) is 22.7 Å². The lowest BCUT2D eigenvalue weighted by molar-refractivity contribution is 1.23. The van der Waals surface area contributed by atoms with Crippen molar-refractivity contribution in [3.05, 3.63) is 158 Å². The van der Waals surface area contributed by atoms with Crippen LogP contribution in [0.4, 0.5) is 0 Å². The monoisotopic (exact) mass is 674 g/mol. The van der Waals surface area contributed by atoms with Crippen LogP contribution >= 0.6 is 22.7 Å². The zero-order chi connectivity index (χ0) is 33.0. The first-order valence-electron chi connectivity index (χ1n) is 16.5. The third-order valence-electron chi connectivity index (χ3n) is 9.16. The highest BCUT2D eigenvalue weighted by atomic mass is 32.1. The van der Waals surface area contributed by atoms with Crippen LogP contribution in [0.1, 0.15) is 0 Å². The van der Waals surface area contributed by atoms with Gasteiger partial charge in [-0.15, -0.1) is 22.7 Å². The third kappa shape index (κ3) is 4.72. The molecule has 50 heavy (non-hydrogen) atoms. The summed E-state index contributed by atoms with van der Waals surface area (Å²) < 4.78 is 4.59. The number of thiophene rings is 2. The van der Waals surface area contributed by atoms with Gasteiger partial charge in [0.05, 0.1) is 31.8 Å². The van der Waals surface area contributed by atoms with Crippen LogP contribution in [0.3, 0.4) is 0 Å². The van der Waals surface area contributed by atoms with E-state index in [1.807, 2.05) is 12.1 Å². The first-order chi connectivity index (χ1) is 24.8. The minimum absolute atomic E-state index is 0.690. The topological polar surface area (TPSA) is 51.6 Å². The highest BCUT2D eigenvalue weighted by Crippen LogP contribution is 2.44. The van der Waals surface area contributed by atoms with E-state index in [9.17, 15) is 0 Å². The number of aromatic nitrogens is 4. The van der Waals surface area contributed by atoms with Gasteiger partial charge in [0.2, 0.25) is 0 Å². The molecule has 0 bridgehead atoms. The molecule has 10 aromatic rings. The van der Waals surface area contributed by atoms with E-state index in [0.29, 0.717) is 11.6 Å². The fourth-order valence-corrected chi connectivity index (χ4v) is 9.14. The third-order valence-corrected chi connectivity index (χ3v) is 11.5. The van der Waals surface area contributed by atoms with Crippen LogP contribution in [0.2, 0.25) is 0 Å². The van der Waals surface area contributed by atoms with E-state index in [-0.39, 0.29) is 0 Å². The van der Waals surface area contributed by atoms with E-state index in [4.69, 9.17) is 19.9 Å². The summed E-state index contributed by atoms with van der Waals surface area (Å²) in [5.41, 5.74) is 9.96. The van der Waals surface area contributed by atoms with Crippen molar-refractivity contribution in [3.63, 3.8) is 0 Å². The second-order valence-electron chi connectivity index (χ2n) is 12.2. The van der Waals surface area contributed by atoms with Gasteiger partial charge in [-0.05, 0) is 23.3 Å². The van der Waals surface area contributed by atoms with Crippen molar-refractivity contribution in [2.45, 2.75) is 0 Å². The molecule has 0 amide bonds. The molecule has 4 heterocycles. The maximum Gasteiger partial charge on any atom is 0.161 e. The summed E-state index contributed by atoms with van der Waals surface area (Å²) in [6.45, 7) is 0. The van der Waals surface area contributed by atoms with Gasteiger partial charge in [0, 0.05) is 42.4 Å². The Morgan fingerprint density at radius 1 is 0.320 bits per heavy atom. The van der Waals surface area contributed by atoms with Gasteiger partial charge >= 0.3 is 0 Å². The SMILES string of the molecule is c1ccc(-c2nc(-c3ccccc3-c3ccccc3-c3nc(-c4ccccc4)c4sc5ccccc5c4n3)nc3c2sc2ccccc23)cc1. The van der Waals surface area contributed by atoms with Crippen molar-refractivity contribution >= 4 is 63.3 Å². The Balaban J connectivity index is 1.22. The molecule has 0 atom stereocenters. The molecule has 0 saturated carbocycles. The molecular formula is C44H26N4S2. The molecule has 4 nitrogen and oxygen atoms in total. The van der Waals surface area contributed by atoms with Crippen molar-refractivity contribution in [1.29, 1.82) is 0 Å². The van der Waals surface area contributed by atoms with Crippen molar-refractivity contribution in [3.8, 4) is 56.4 Å². The van der Waals surface area contributed by atoms with Gasteiger partial charge in [0.25, 0.3) is 0 Å². The van der Waals surface area contributed by atoms with Crippen LogP contribution in [-0.4, -0.2) is 19.9 Å². The van der Waals surface area contributed by atoms with Crippen molar-refractivity contribution in [2.24, 2.45) is 0 Å². The van der Waals surface area contributed by atoms with Gasteiger partial charge in [-0.1, -0.05) is 146 Å². The Morgan fingerprint density at radius 2 is 0.680 bits per heavy atom. The van der Waals surface area contributed by atoms with Crippen LogP contribution in [0.25, 0.3) is 97.0 Å². The fourth-order valence-electron chi connectivity index (χ4n) is 6.83. The zero-order valence-electron chi connectivity index (χ0n) is 26.6. The molecule has 0 radical (unpaired) electrons. The van der Waals surface area contributed by atoms with Crippen LogP contribution in [0.5, 0.6) is 0 Å². The molecule has 0 unspecified atom stereocenters. The van der Waals surface area contributed by atoms with Crippen molar-refractivity contribution in [1.82, 2.24) is 19.9 Å². The van der Waals surface area contributed by atoms with Crippen LogP contribution in [-0.2, 0) is 0 Å². The van der Waals surface area contributed by atoms with Crippen molar-refractivity contribution < 1.29 is 0 Å². The molecule has 6 aromatic carbocycles. The quantitative estimate of drug-likeness (QED) is 0.182. The van der Waals surface area contributed by atoms with Gasteiger partial charge in [-0.25, -0.2) is 19.9 Å². The predicted molar refractivity (Wildman–Crippen MR) is 211 cm³/mol. The minimum atomic E-state index is 0.690. The van der Waals surface area contributed by atoms with Gasteiger partial charge in [-0.3, -0.25) is 0 Å². The molecule has 0 aliphatic carbocycles. The maximum absolute atomic E-state index is 5.32. The van der Waals surface area contributed by atoms with E-state index in [1.165, 1.54) is 9.40 Å². The lowest BCUT2D eigenvalue weighted by Crippen LogP contribution is -1.98. The molecule has 0 aliphatic rings. The van der Waals surface area contributed by atoms with Crippen LogP contribution < -0.4 is 0 Å². The van der Waals surface area contributed by atoms with Gasteiger partial charge in [-0.2, -0.15) is 0 Å². The average molecular weight is 675 g/mol. The van der Waals surface area contributed by atoms with Crippen molar-refractivity contribution in [2.75, 3.05) is 0 Å². The van der Waals surface area contributed by atoms with E-state index < -0.39 is 0 Å². The van der Waals surface area contributed by atoms with Crippen LogP contribution in [0, 0.1) is 0 Å². The van der Waals surface area contributed by atoms with Crippen LogP contribution in [0.15, 0.2) is 158 Å². The van der Waals surface area contributed by atoms with E-state index in [0.717, 1.165) is 76.0 Å². The Bertz CT molecular complexity index is 2680. The molecule has 0 aliphatic heterocycles. The van der Waals surface area contributed by atoms with Gasteiger partial charge in [0.1, 0.15) is 0 Å². The first kappa shape index (κ1) is 28.9. The molecule has 234 valence electrons. The summed E-state index contributed by atoms with van der Waals surface area (Å²) in [6.07, 6.45) is 0. The molecule has 0 N–H and O–H groups in total. The summed E-state index contributed by atoms with van der Waals surface area (Å²) in [6, 6.07) is 54.7. The Kier molecular flexibility index (Phi) is 6.82. The standard InChI is InChI=1S/C44H26N4S2/c1-3-15-27(16-4-1)37-41-39(33-23-11-13-25-35(33)49-41)47-43(45-37)31-21-9-7-19-29(31)30-20-8-10-22-32(30)44-46-38(28-17-5-2-6-18-28)42-40(48-44)34-24-12-14-26-36(34)50-42/h1-26H. The predicted octanol–water partition coefficient (Wildman–Crippen LogP) is 12.3. The summed E-state index contributed by atoms with van der Waals surface area (Å²) in [7, 11) is 0. The molecule has 0 fully saturated rings. The summed E-state index contributed by atoms with van der Waals surface area (Å²) >= 11 is 3.50. The zero-order valence-corrected chi connectivity index (χ0v) is 28.2. The summed E-state index contributed by atoms with van der Waals surface area (Å²) in [5.74, 6) is 1.38. The number of hydrogen-bond donors (Lipinski definition) is 0. The first-order valence-corrected chi connectivity index (χ1v) is 18.1. The highest BCUT2D eigenvalue weighted by molar-refractivity contribution is 7.26. The molecule has 0 spiro atoms. The second-order valence-corrected chi connectivity index (χ2v) is 14.3. The lowest BCUT2D eigenvalue weighted by Gasteiger charge is -2.15.